The molecule has 8 heteroatoms. The van der Waals surface area contributed by atoms with E-state index in [0.29, 0.717) is 12.5 Å². The summed E-state index contributed by atoms with van der Waals surface area (Å²) in [6.07, 6.45) is -1.38. The van der Waals surface area contributed by atoms with Crippen molar-refractivity contribution >= 4 is 17.9 Å². The summed E-state index contributed by atoms with van der Waals surface area (Å²) in [5, 5.41) is 25.0. The minimum atomic E-state index is -1.49. The highest BCUT2D eigenvalue weighted by Crippen LogP contribution is 1.89. The van der Waals surface area contributed by atoms with Gasteiger partial charge in [-0.1, -0.05) is 13.8 Å². The van der Waals surface area contributed by atoms with Gasteiger partial charge in [0.05, 0.1) is 0 Å². The summed E-state index contributed by atoms with van der Waals surface area (Å²) in [5.41, 5.74) is 0. The Morgan fingerprint density at radius 3 is 2.20 bits per heavy atom. The maximum absolute atomic E-state index is 11.3. The number of hydrogen-bond acceptors (Lipinski definition) is 4. The van der Waals surface area contributed by atoms with E-state index in [2.05, 4.69) is 16.0 Å². The number of urea groups is 1. The minimum absolute atomic E-state index is 0.0405. The lowest BCUT2D eigenvalue weighted by atomic mass is 10.2. The molecule has 0 rings (SSSR count). The van der Waals surface area contributed by atoms with E-state index in [9.17, 15) is 14.4 Å². The molecule has 20 heavy (non-hydrogen) atoms. The first-order valence-electron chi connectivity index (χ1n) is 6.52. The fraction of sp³-hybridized carbons (Fsp3) is 0.750. The average molecular weight is 289 g/mol. The fourth-order valence-electron chi connectivity index (χ4n) is 1.20. The third-order valence-corrected chi connectivity index (χ3v) is 2.33. The molecule has 0 saturated carbocycles. The Morgan fingerprint density at radius 2 is 1.65 bits per heavy atom. The van der Waals surface area contributed by atoms with Gasteiger partial charge in [-0.3, -0.25) is 4.79 Å². The number of nitrogens with one attached hydrogen (secondary N) is 3. The van der Waals surface area contributed by atoms with Crippen LogP contribution in [-0.2, 0) is 9.59 Å². The summed E-state index contributed by atoms with van der Waals surface area (Å²) in [4.78, 5) is 32.9. The monoisotopic (exact) mass is 289 g/mol. The van der Waals surface area contributed by atoms with Gasteiger partial charge in [-0.2, -0.15) is 0 Å². The van der Waals surface area contributed by atoms with Crippen LogP contribution in [0.5, 0.6) is 0 Å². The van der Waals surface area contributed by atoms with E-state index in [-0.39, 0.29) is 31.8 Å². The van der Waals surface area contributed by atoms with Gasteiger partial charge in [0.1, 0.15) is 0 Å². The second kappa shape index (κ2) is 10.0. The predicted molar refractivity (Wildman–Crippen MR) is 72.1 cm³/mol. The molecule has 116 valence electrons. The van der Waals surface area contributed by atoms with Gasteiger partial charge in [0.15, 0.2) is 6.10 Å². The van der Waals surface area contributed by atoms with Crippen molar-refractivity contribution in [2.45, 2.75) is 32.8 Å². The quantitative estimate of drug-likeness (QED) is 0.383. The number of rotatable bonds is 9. The molecule has 0 aliphatic heterocycles. The Hall–Kier alpha value is -1.83. The lowest BCUT2D eigenvalue weighted by molar-refractivity contribution is -0.146. The van der Waals surface area contributed by atoms with Crippen molar-refractivity contribution in [1.82, 2.24) is 16.0 Å². The molecule has 0 aromatic heterocycles. The third kappa shape index (κ3) is 10.1. The summed E-state index contributed by atoms with van der Waals surface area (Å²) in [6.45, 7) is 4.79. The van der Waals surface area contributed by atoms with E-state index in [1.807, 2.05) is 13.8 Å². The largest absolute Gasteiger partial charge is 0.479 e. The molecule has 5 N–H and O–H groups in total. The van der Waals surface area contributed by atoms with E-state index >= 15 is 0 Å². The maximum Gasteiger partial charge on any atom is 0.332 e. The number of aliphatic carboxylic acids is 1. The van der Waals surface area contributed by atoms with Gasteiger partial charge < -0.3 is 26.2 Å². The van der Waals surface area contributed by atoms with Crippen molar-refractivity contribution in [2.75, 3.05) is 19.6 Å². The summed E-state index contributed by atoms with van der Waals surface area (Å²) in [5.74, 6) is -1.09. The van der Waals surface area contributed by atoms with E-state index in [0.717, 1.165) is 0 Å². The number of hydrogen-bond donors (Lipinski definition) is 5. The van der Waals surface area contributed by atoms with Crippen LogP contribution in [0.2, 0.25) is 0 Å². The van der Waals surface area contributed by atoms with Crippen LogP contribution in [0, 0.1) is 5.92 Å². The van der Waals surface area contributed by atoms with Crippen LogP contribution in [0.15, 0.2) is 0 Å². The van der Waals surface area contributed by atoms with Crippen LogP contribution in [0.3, 0.4) is 0 Å². The maximum atomic E-state index is 11.3. The Bertz CT molecular complexity index is 333. The SMILES string of the molecule is CC(C)CNC(=O)CCNC(=O)NCCC(O)C(=O)O. The Morgan fingerprint density at radius 1 is 1.05 bits per heavy atom. The molecule has 0 aromatic rings. The van der Waals surface area contributed by atoms with E-state index in [1.165, 1.54) is 0 Å². The van der Waals surface area contributed by atoms with Crippen molar-refractivity contribution < 1.29 is 24.6 Å². The van der Waals surface area contributed by atoms with Gasteiger partial charge in [-0.15, -0.1) is 0 Å². The van der Waals surface area contributed by atoms with Crippen molar-refractivity contribution in [2.24, 2.45) is 5.92 Å². The van der Waals surface area contributed by atoms with Gasteiger partial charge >= 0.3 is 12.0 Å². The average Bonchev–Trinajstić information content (AvgIpc) is 2.36. The summed E-state index contributed by atoms with van der Waals surface area (Å²) >= 11 is 0. The highest BCUT2D eigenvalue weighted by molar-refractivity contribution is 5.78. The number of carbonyl (C=O) groups is 3. The molecule has 0 aromatic carbocycles. The zero-order valence-electron chi connectivity index (χ0n) is 11.8. The summed E-state index contributed by atoms with van der Waals surface area (Å²) < 4.78 is 0. The van der Waals surface area contributed by atoms with Crippen LogP contribution < -0.4 is 16.0 Å². The number of carboxylic acids is 1. The highest BCUT2D eigenvalue weighted by atomic mass is 16.4. The lowest BCUT2D eigenvalue weighted by Gasteiger charge is -2.10. The topological polar surface area (TPSA) is 128 Å². The zero-order chi connectivity index (χ0) is 15.5. The van der Waals surface area contributed by atoms with Gasteiger partial charge in [0.25, 0.3) is 0 Å². The second-order valence-corrected chi connectivity index (χ2v) is 4.77. The first kappa shape index (κ1) is 18.2. The van der Waals surface area contributed by atoms with Crippen molar-refractivity contribution in [3.05, 3.63) is 0 Å². The Labute approximate surface area is 117 Å². The molecule has 8 nitrogen and oxygen atoms in total. The van der Waals surface area contributed by atoms with Gasteiger partial charge in [0.2, 0.25) is 5.91 Å². The zero-order valence-corrected chi connectivity index (χ0v) is 11.8. The van der Waals surface area contributed by atoms with Crippen LogP contribution in [-0.4, -0.2) is 53.9 Å². The van der Waals surface area contributed by atoms with Crippen LogP contribution in [0.25, 0.3) is 0 Å². The molecular weight excluding hydrogens is 266 g/mol. The van der Waals surface area contributed by atoms with Gasteiger partial charge in [-0.25, -0.2) is 9.59 Å². The highest BCUT2D eigenvalue weighted by Gasteiger charge is 2.12. The number of carboxylic acid groups (broad SMARTS) is 1. The molecule has 1 unspecified atom stereocenters. The molecule has 3 amide bonds. The normalized spacial score (nSPS) is 11.8. The van der Waals surface area contributed by atoms with Crippen LogP contribution >= 0.6 is 0 Å². The van der Waals surface area contributed by atoms with Gasteiger partial charge in [0, 0.05) is 32.5 Å². The van der Waals surface area contributed by atoms with Crippen molar-refractivity contribution in [3.8, 4) is 0 Å². The molecular formula is C12H23N3O5. The van der Waals surface area contributed by atoms with Crippen LogP contribution in [0.4, 0.5) is 4.79 Å². The second-order valence-electron chi connectivity index (χ2n) is 4.77. The summed E-state index contributed by atoms with van der Waals surface area (Å²) in [7, 11) is 0. The van der Waals surface area contributed by atoms with Crippen molar-refractivity contribution in [3.63, 3.8) is 0 Å². The molecule has 0 spiro atoms. The molecule has 0 aliphatic rings. The first-order valence-corrected chi connectivity index (χ1v) is 6.52. The number of amides is 3. The first-order chi connectivity index (χ1) is 9.32. The lowest BCUT2D eigenvalue weighted by Crippen LogP contribution is -2.39. The smallest absolute Gasteiger partial charge is 0.332 e. The van der Waals surface area contributed by atoms with Crippen molar-refractivity contribution in [1.29, 1.82) is 0 Å². The molecule has 0 saturated heterocycles. The molecule has 0 radical (unpaired) electrons. The fourth-order valence-corrected chi connectivity index (χ4v) is 1.20. The van der Waals surface area contributed by atoms with E-state index < -0.39 is 18.1 Å². The summed E-state index contributed by atoms with van der Waals surface area (Å²) in [6, 6.07) is -0.501. The molecule has 0 bridgehead atoms. The third-order valence-electron chi connectivity index (χ3n) is 2.33. The standard InChI is InChI=1S/C12H23N3O5/c1-8(2)7-15-10(17)4-6-14-12(20)13-5-3-9(16)11(18)19/h8-9,16H,3-7H2,1-2H3,(H,15,17)(H,18,19)(H2,13,14,20). The number of aliphatic hydroxyl groups excluding tert-OH is 1. The minimum Gasteiger partial charge on any atom is -0.479 e. The van der Waals surface area contributed by atoms with E-state index in [1.54, 1.807) is 0 Å². The number of aliphatic hydroxyl groups is 1. The molecule has 1 atom stereocenters. The predicted octanol–water partition coefficient (Wildman–Crippen LogP) is -0.716. The molecule has 0 aliphatic carbocycles. The Balaban J connectivity index is 3.58. The molecule has 0 heterocycles. The Kier molecular flexibility index (Phi) is 9.10. The van der Waals surface area contributed by atoms with Gasteiger partial charge in [-0.05, 0) is 5.92 Å². The molecule has 0 fully saturated rings. The van der Waals surface area contributed by atoms with Crippen LogP contribution in [0.1, 0.15) is 26.7 Å². The number of carbonyl (C=O) groups excluding carboxylic acids is 2. The van der Waals surface area contributed by atoms with E-state index in [4.69, 9.17) is 10.2 Å².